The van der Waals surface area contributed by atoms with Gasteiger partial charge in [-0.25, -0.2) is 4.98 Å². The molecule has 1 aromatic carbocycles. The smallest absolute Gasteiger partial charge is 0.300 e. The number of carboxylic acid groups (broad SMARTS) is 1. The van der Waals surface area contributed by atoms with E-state index in [1.54, 1.807) is 6.33 Å². The van der Waals surface area contributed by atoms with Crippen LogP contribution in [0.5, 0.6) is 0 Å². The molecule has 8 N–H and O–H groups in total. The van der Waals surface area contributed by atoms with Gasteiger partial charge in [-0.1, -0.05) is 18.2 Å². The van der Waals surface area contributed by atoms with Gasteiger partial charge in [0, 0.05) is 19.5 Å². The van der Waals surface area contributed by atoms with Gasteiger partial charge in [-0.3, -0.25) is 4.79 Å². The fourth-order valence-electron chi connectivity index (χ4n) is 1.59. The minimum absolute atomic E-state index is 0. The van der Waals surface area contributed by atoms with Gasteiger partial charge in [0.05, 0.1) is 12.0 Å². The largest absolute Gasteiger partial charge is 0.481 e. The lowest BCUT2D eigenvalue weighted by molar-refractivity contribution is -0.134. The number of hydrogen-bond acceptors (Lipinski definition) is 2. The molecule has 1 heterocycles. The van der Waals surface area contributed by atoms with Crippen LogP contribution in [0.15, 0.2) is 30.7 Å². The van der Waals surface area contributed by atoms with Crippen LogP contribution in [0, 0.1) is 13.8 Å². The van der Waals surface area contributed by atoms with Crippen LogP contribution in [0.3, 0.4) is 0 Å². The standard InChI is InChI=1S/C12H14N2.C2H4O2.3H2O/c1-9-4-3-5-11(10(9)2)6-12-7-13-8-14-12;1-2(3)4;;;/h3-5,7-8H,6H2,1-2H3,(H,13,14);1H3,(H,3,4);3*1H2. The number of nitrogens with zero attached hydrogens (tertiary/aromatic N) is 1. The van der Waals surface area contributed by atoms with Crippen molar-refractivity contribution >= 4 is 5.97 Å². The minimum atomic E-state index is -0.833. The summed E-state index contributed by atoms with van der Waals surface area (Å²) >= 11 is 0. The zero-order valence-corrected chi connectivity index (χ0v) is 12.4. The third kappa shape index (κ3) is 8.53. The first kappa shape index (κ1) is 23.8. The fraction of sp³-hybridized carbons (Fsp3) is 0.286. The van der Waals surface area contributed by atoms with Gasteiger partial charge < -0.3 is 26.5 Å². The van der Waals surface area contributed by atoms with Crippen LogP contribution >= 0.6 is 0 Å². The summed E-state index contributed by atoms with van der Waals surface area (Å²) in [4.78, 5) is 16.2. The number of nitrogens with one attached hydrogen (secondary N) is 1. The molecular formula is C14H24N2O5. The first-order valence-corrected chi connectivity index (χ1v) is 5.73. The highest BCUT2D eigenvalue weighted by Crippen LogP contribution is 2.15. The van der Waals surface area contributed by atoms with E-state index in [0.29, 0.717) is 0 Å². The maximum Gasteiger partial charge on any atom is 0.300 e. The van der Waals surface area contributed by atoms with Crippen LogP contribution in [0.2, 0.25) is 0 Å². The normalized spacial score (nSPS) is 8.14. The Balaban J connectivity index is -0.000000417. The van der Waals surface area contributed by atoms with Crippen molar-refractivity contribution in [3.05, 3.63) is 53.1 Å². The Bertz CT molecular complexity index is 508. The first-order valence-electron chi connectivity index (χ1n) is 5.73. The number of benzene rings is 1. The average Bonchev–Trinajstić information content (AvgIpc) is 2.77. The molecule has 0 saturated carbocycles. The molecule has 0 fully saturated rings. The highest BCUT2D eigenvalue weighted by molar-refractivity contribution is 5.62. The molecule has 1 aromatic heterocycles. The van der Waals surface area contributed by atoms with Crippen molar-refractivity contribution < 1.29 is 26.3 Å². The summed E-state index contributed by atoms with van der Waals surface area (Å²) in [7, 11) is 0. The van der Waals surface area contributed by atoms with E-state index in [9.17, 15) is 0 Å². The van der Waals surface area contributed by atoms with Crippen molar-refractivity contribution in [2.75, 3.05) is 0 Å². The zero-order chi connectivity index (χ0) is 13.5. The number of H-pyrrole nitrogens is 1. The number of carboxylic acids is 1. The molecule has 0 atom stereocenters. The van der Waals surface area contributed by atoms with Crippen molar-refractivity contribution in [2.45, 2.75) is 27.2 Å². The van der Waals surface area contributed by atoms with Crippen LogP contribution in [0.4, 0.5) is 0 Å². The van der Waals surface area contributed by atoms with Crippen LogP contribution < -0.4 is 0 Å². The molecule has 0 unspecified atom stereocenters. The molecule has 0 aliphatic rings. The molecule has 0 aliphatic heterocycles. The second-order valence-corrected chi connectivity index (χ2v) is 4.12. The summed E-state index contributed by atoms with van der Waals surface area (Å²) in [6.45, 7) is 5.39. The molecule has 2 rings (SSSR count). The lowest BCUT2D eigenvalue weighted by Gasteiger charge is -2.06. The van der Waals surface area contributed by atoms with Crippen LogP contribution in [0.1, 0.15) is 29.3 Å². The molecule has 7 heteroatoms. The molecule has 21 heavy (non-hydrogen) atoms. The van der Waals surface area contributed by atoms with E-state index in [-0.39, 0.29) is 16.4 Å². The Labute approximate surface area is 123 Å². The number of hydrogen-bond donors (Lipinski definition) is 2. The SMILES string of the molecule is CC(=O)O.Cc1cccc(Cc2c[nH]cn2)c1C.O.O.O. The van der Waals surface area contributed by atoms with Gasteiger partial charge in [0.1, 0.15) is 0 Å². The molecular weight excluding hydrogens is 276 g/mol. The summed E-state index contributed by atoms with van der Waals surface area (Å²) in [6.07, 6.45) is 4.58. The summed E-state index contributed by atoms with van der Waals surface area (Å²) in [5, 5.41) is 7.42. The molecule has 2 aromatic rings. The van der Waals surface area contributed by atoms with Gasteiger partial charge in [-0.15, -0.1) is 0 Å². The van der Waals surface area contributed by atoms with E-state index >= 15 is 0 Å². The Morgan fingerprint density at radius 1 is 1.24 bits per heavy atom. The van der Waals surface area contributed by atoms with Crippen LogP contribution in [-0.2, 0) is 11.2 Å². The quantitative estimate of drug-likeness (QED) is 0.813. The Morgan fingerprint density at radius 3 is 2.29 bits per heavy atom. The van der Waals surface area contributed by atoms with Gasteiger partial charge in [-0.05, 0) is 30.5 Å². The number of aryl methyl sites for hydroxylation is 1. The van der Waals surface area contributed by atoms with Gasteiger partial charge in [0.2, 0.25) is 0 Å². The van der Waals surface area contributed by atoms with Gasteiger partial charge in [0.15, 0.2) is 0 Å². The van der Waals surface area contributed by atoms with Gasteiger partial charge in [0.25, 0.3) is 5.97 Å². The maximum atomic E-state index is 9.00. The van der Waals surface area contributed by atoms with Crippen LogP contribution in [0.25, 0.3) is 0 Å². The molecule has 0 bridgehead atoms. The van der Waals surface area contributed by atoms with Crippen molar-refractivity contribution in [1.82, 2.24) is 9.97 Å². The number of aromatic nitrogens is 2. The predicted octanol–water partition coefficient (Wildman–Crippen LogP) is 0.234. The molecule has 0 aliphatic carbocycles. The van der Waals surface area contributed by atoms with E-state index in [1.807, 2.05) is 6.20 Å². The van der Waals surface area contributed by atoms with Crippen LogP contribution in [-0.4, -0.2) is 37.5 Å². The fourth-order valence-corrected chi connectivity index (χ4v) is 1.59. The second-order valence-electron chi connectivity index (χ2n) is 4.12. The Kier molecular flexibility index (Phi) is 13.2. The van der Waals surface area contributed by atoms with Crippen molar-refractivity contribution in [3.8, 4) is 0 Å². The number of carbonyl (C=O) groups is 1. The Hall–Kier alpha value is -2.22. The first-order chi connectivity index (χ1) is 8.50. The number of aromatic amines is 1. The summed E-state index contributed by atoms with van der Waals surface area (Å²) < 4.78 is 0. The molecule has 0 radical (unpaired) electrons. The van der Waals surface area contributed by atoms with Crippen molar-refractivity contribution in [1.29, 1.82) is 0 Å². The predicted molar refractivity (Wildman–Crippen MR) is 81.5 cm³/mol. The second kappa shape index (κ2) is 11.6. The summed E-state index contributed by atoms with van der Waals surface area (Å²) in [5.74, 6) is -0.833. The number of rotatable bonds is 2. The molecule has 0 spiro atoms. The number of aliphatic carboxylic acids is 1. The highest BCUT2D eigenvalue weighted by Gasteiger charge is 2.02. The van der Waals surface area contributed by atoms with E-state index < -0.39 is 5.97 Å². The topological polar surface area (TPSA) is 160 Å². The monoisotopic (exact) mass is 300 g/mol. The Morgan fingerprint density at radius 2 is 1.81 bits per heavy atom. The van der Waals surface area contributed by atoms with E-state index in [2.05, 4.69) is 42.0 Å². The third-order valence-electron chi connectivity index (χ3n) is 2.64. The summed E-state index contributed by atoms with van der Waals surface area (Å²) in [5.41, 5.74) is 5.17. The van der Waals surface area contributed by atoms with Gasteiger partial charge in [-0.2, -0.15) is 0 Å². The highest BCUT2D eigenvalue weighted by atomic mass is 16.4. The van der Waals surface area contributed by atoms with Crippen molar-refractivity contribution in [3.63, 3.8) is 0 Å². The van der Waals surface area contributed by atoms with Crippen molar-refractivity contribution in [2.24, 2.45) is 0 Å². The van der Waals surface area contributed by atoms with E-state index in [4.69, 9.17) is 9.90 Å². The summed E-state index contributed by atoms with van der Waals surface area (Å²) in [6, 6.07) is 6.41. The molecule has 0 saturated heterocycles. The van der Waals surface area contributed by atoms with E-state index in [1.165, 1.54) is 16.7 Å². The van der Waals surface area contributed by atoms with Gasteiger partial charge >= 0.3 is 0 Å². The lowest BCUT2D eigenvalue weighted by Crippen LogP contribution is -1.93. The molecule has 120 valence electrons. The average molecular weight is 300 g/mol. The molecule has 7 nitrogen and oxygen atoms in total. The number of imidazole rings is 1. The zero-order valence-electron chi connectivity index (χ0n) is 12.4. The lowest BCUT2D eigenvalue weighted by atomic mass is 10.0. The minimum Gasteiger partial charge on any atom is -0.481 e. The van der Waals surface area contributed by atoms with E-state index in [0.717, 1.165) is 19.0 Å². The molecule has 0 amide bonds. The third-order valence-corrected chi connectivity index (χ3v) is 2.64. The maximum absolute atomic E-state index is 9.00.